The van der Waals surface area contributed by atoms with Gasteiger partial charge in [0.15, 0.2) is 0 Å². The van der Waals surface area contributed by atoms with Gasteiger partial charge in [-0.3, -0.25) is 9.59 Å². The number of benzene rings is 1. The van der Waals surface area contributed by atoms with Crippen molar-refractivity contribution in [3.05, 3.63) is 35.4 Å². The van der Waals surface area contributed by atoms with E-state index in [1.807, 2.05) is 54.8 Å². The largest absolute Gasteiger partial charge is 0.372 e. The van der Waals surface area contributed by atoms with E-state index in [9.17, 15) is 9.59 Å². The number of likely N-dealkylation sites (tertiary alicyclic amines) is 1. The Kier molecular flexibility index (Phi) is 5.97. The highest BCUT2D eigenvalue weighted by Gasteiger charge is 2.33. The van der Waals surface area contributed by atoms with E-state index in [-0.39, 0.29) is 29.9 Å². The van der Waals surface area contributed by atoms with Crippen molar-refractivity contribution >= 4 is 11.8 Å². The van der Waals surface area contributed by atoms with Gasteiger partial charge in [0.05, 0.1) is 18.6 Å². The average molecular weight is 358 g/mol. The molecule has 1 aromatic carbocycles. The van der Waals surface area contributed by atoms with Crippen LogP contribution < -0.4 is 0 Å². The van der Waals surface area contributed by atoms with Crippen molar-refractivity contribution in [2.45, 2.75) is 52.2 Å². The van der Waals surface area contributed by atoms with Gasteiger partial charge in [0.2, 0.25) is 11.8 Å². The number of nitrogens with zero attached hydrogens (tertiary/aromatic N) is 2. The van der Waals surface area contributed by atoms with Gasteiger partial charge < -0.3 is 14.5 Å². The molecular formula is C21H30N2O3. The first-order chi connectivity index (χ1) is 12.4. The van der Waals surface area contributed by atoms with Crippen molar-refractivity contribution in [2.75, 3.05) is 26.2 Å². The zero-order chi connectivity index (χ0) is 18.7. The Morgan fingerprint density at radius 3 is 2.27 bits per heavy atom. The number of morpholine rings is 1. The third-order valence-electron chi connectivity index (χ3n) is 5.53. The van der Waals surface area contributed by atoms with Gasteiger partial charge in [-0.25, -0.2) is 0 Å². The molecule has 0 spiro atoms. The van der Waals surface area contributed by atoms with Crippen LogP contribution in [-0.4, -0.2) is 60.0 Å². The molecule has 1 aromatic rings. The number of ether oxygens (including phenoxy) is 1. The maximum atomic E-state index is 12.8. The molecular weight excluding hydrogens is 328 g/mol. The lowest BCUT2D eigenvalue weighted by molar-refractivity contribution is -0.150. The zero-order valence-electron chi connectivity index (χ0n) is 16.1. The summed E-state index contributed by atoms with van der Waals surface area (Å²) in [5, 5.41) is 0. The summed E-state index contributed by atoms with van der Waals surface area (Å²) in [4.78, 5) is 29.3. The van der Waals surface area contributed by atoms with E-state index in [1.54, 1.807) is 0 Å². The highest BCUT2D eigenvalue weighted by Crippen LogP contribution is 2.23. The van der Waals surface area contributed by atoms with Crippen molar-refractivity contribution in [1.29, 1.82) is 0 Å². The summed E-state index contributed by atoms with van der Waals surface area (Å²) in [7, 11) is 0. The Morgan fingerprint density at radius 2 is 1.65 bits per heavy atom. The predicted octanol–water partition coefficient (Wildman–Crippen LogP) is 2.41. The Bertz CT molecular complexity index is 642. The smallest absolute Gasteiger partial charge is 0.226 e. The summed E-state index contributed by atoms with van der Waals surface area (Å²) in [5.41, 5.74) is 2.24. The molecule has 0 radical (unpaired) electrons. The van der Waals surface area contributed by atoms with Crippen molar-refractivity contribution in [3.8, 4) is 0 Å². The summed E-state index contributed by atoms with van der Waals surface area (Å²) < 4.78 is 5.72. The second-order valence-corrected chi connectivity index (χ2v) is 7.76. The van der Waals surface area contributed by atoms with Crippen molar-refractivity contribution in [2.24, 2.45) is 5.92 Å². The molecule has 0 bridgehead atoms. The van der Waals surface area contributed by atoms with Crippen LogP contribution in [0.25, 0.3) is 0 Å². The number of carbonyl (C=O) groups is 2. The first kappa shape index (κ1) is 18.9. The van der Waals surface area contributed by atoms with Crippen LogP contribution >= 0.6 is 0 Å². The predicted molar refractivity (Wildman–Crippen MR) is 101 cm³/mol. The molecule has 2 fully saturated rings. The van der Waals surface area contributed by atoms with E-state index in [0.29, 0.717) is 32.6 Å². The molecule has 0 aliphatic carbocycles. The third-order valence-corrected chi connectivity index (χ3v) is 5.53. The monoisotopic (exact) mass is 358 g/mol. The second-order valence-electron chi connectivity index (χ2n) is 7.76. The number of piperidine rings is 1. The van der Waals surface area contributed by atoms with Crippen LogP contribution in [0.3, 0.4) is 0 Å². The Balaban J connectivity index is 1.51. The Hall–Kier alpha value is -1.88. The number of rotatable bonds is 3. The molecule has 0 N–H and O–H groups in total. The van der Waals surface area contributed by atoms with Gasteiger partial charge in [0.25, 0.3) is 0 Å². The van der Waals surface area contributed by atoms with Gasteiger partial charge in [-0.1, -0.05) is 24.3 Å². The highest BCUT2D eigenvalue weighted by molar-refractivity contribution is 5.81. The van der Waals surface area contributed by atoms with Gasteiger partial charge in [0.1, 0.15) is 0 Å². The molecule has 142 valence electrons. The van der Waals surface area contributed by atoms with E-state index in [0.717, 1.165) is 24.0 Å². The van der Waals surface area contributed by atoms with Crippen LogP contribution in [0.5, 0.6) is 0 Å². The fraction of sp³-hybridized carbons (Fsp3) is 0.619. The topological polar surface area (TPSA) is 49.9 Å². The Morgan fingerprint density at radius 1 is 1.04 bits per heavy atom. The molecule has 0 saturated carbocycles. The van der Waals surface area contributed by atoms with Gasteiger partial charge in [0, 0.05) is 32.1 Å². The molecule has 2 saturated heterocycles. The van der Waals surface area contributed by atoms with Gasteiger partial charge in [-0.2, -0.15) is 0 Å². The molecule has 2 atom stereocenters. The summed E-state index contributed by atoms with van der Waals surface area (Å²) in [6.07, 6.45) is 2.16. The lowest BCUT2D eigenvalue weighted by atomic mass is 9.94. The minimum atomic E-state index is 0.0370. The molecule has 2 heterocycles. The number of hydrogen-bond acceptors (Lipinski definition) is 3. The summed E-state index contributed by atoms with van der Waals surface area (Å²) in [6.45, 7) is 8.78. The van der Waals surface area contributed by atoms with E-state index < -0.39 is 0 Å². The average Bonchev–Trinajstić information content (AvgIpc) is 2.62. The van der Waals surface area contributed by atoms with E-state index in [1.165, 1.54) is 0 Å². The van der Waals surface area contributed by atoms with E-state index in [2.05, 4.69) is 0 Å². The molecule has 2 aliphatic rings. The minimum Gasteiger partial charge on any atom is -0.372 e. The van der Waals surface area contributed by atoms with Crippen LogP contribution in [0, 0.1) is 12.8 Å². The SMILES string of the molecule is Cc1ccccc1CC(=O)N1CCC(C(=O)N2CC(C)OC(C)C2)CC1. The molecule has 3 rings (SSSR count). The van der Waals surface area contributed by atoms with E-state index in [4.69, 9.17) is 4.74 Å². The van der Waals surface area contributed by atoms with Gasteiger partial charge in [-0.05, 0) is 44.7 Å². The summed E-state index contributed by atoms with van der Waals surface area (Å²) in [6, 6.07) is 8.03. The quantitative estimate of drug-likeness (QED) is 0.834. The molecule has 2 unspecified atom stereocenters. The van der Waals surface area contributed by atoms with Crippen molar-refractivity contribution in [3.63, 3.8) is 0 Å². The van der Waals surface area contributed by atoms with Gasteiger partial charge in [-0.15, -0.1) is 0 Å². The summed E-state index contributed by atoms with van der Waals surface area (Å²) in [5.74, 6) is 0.437. The fourth-order valence-electron chi connectivity index (χ4n) is 4.08. The van der Waals surface area contributed by atoms with Crippen LogP contribution in [-0.2, 0) is 20.7 Å². The number of aryl methyl sites for hydroxylation is 1. The van der Waals surface area contributed by atoms with Crippen LogP contribution in [0.15, 0.2) is 24.3 Å². The maximum absolute atomic E-state index is 12.8. The van der Waals surface area contributed by atoms with Gasteiger partial charge >= 0.3 is 0 Å². The molecule has 2 aliphatic heterocycles. The van der Waals surface area contributed by atoms with Crippen LogP contribution in [0.2, 0.25) is 0 Å². The second kappa shape index (κ2) is 8.21. The number of amides is 2. The first-order valence-electron chi connectivity index (χ1n) is 9.70. The van der Waals surface area contributed by atoms with Crippen LogP contribution in [0.4, 0.5) is 0 Å². The minimum absolute atomic E-state index is 0.0370. The Labute approximate surface area is 156 Å². The fourth-order valence-corrected chi connectivity index (χ4v) is 4.08. The standard InChI is InChI=1S/C21H30N2O3/c1-15-6-4-5-7-19(15)12-20(24)22-10-8-18(9-11-22)21(25)23-13-16(2)26-17(3)14-23/h4-7,16-18H,8-14H2,1-3H3. The zero-order valence-corrected chi connectivity index (χ0v) is 16.1. The normalized spacial score (nSPS) is 24.6. The lowest BCUT2D eigenvalue weighted by Crippen LogP contribution is -2.51. The van der Waals surface area contributed by atoms with Crippen molar-refractivity contribution in [1.82, 2.24) is 9.80 Å². The molecule has 2 amide bonds. The first-order valence-corrected chi connectivity index (χ1v) is 9.70. The number of hydrogen-bond donors (Lipinski definition) is 0. The maximum Gasteiger partial charge on any atom is 0.226 e. The van der Waals surface area contributed by atoms with E-state index >= 15 is 0 Å². The molecule has 26 heavy (non-hydrogen) atoms. The summed E-state index contributed by atoms with van der Waals surface area (Å²) >= 11 is 0. The highest BCUT2D eigenvalue weighted by atomic mass is 16.5. The third kappa shape index (κ3) is 4.44. The van der Waals surface area contributed by atoms with Crippen LogP contribution in [0.1, 0.15) is 37.8 Å². The molecule has 5 heteroatoms. The lowest BCUT2D eigenvalue weighted by Gasteiger charge is -2.39. The molecule has 5 nitrogen and oxygen atoms in total. The number of carbonyl (C=O) groups excluding carboxylic acids is 2. The van der Waals surface area contributed by atoms with Crippen molar-refractivity contribution < 1.29 is 14.3 Å². The molecule has 0 aromatic heterocycles.